The van der Waals surface area contributed by atoms with E-state index in [4.69, 9.17) is 27.9 Å². The van der Waals surface area contributed by atoms with Gasteiger partial charge in [-0.05, 0) is 49.8 Å². The molecular weight excluding hydrogens is 404 g/mol. The maximum Gasteiger partial charge on any atom is 0.340 e. The third-order valence-electron chi connectivity index (χ3n) is 4.49. The summed E-state index contributed by atoms with van der Waals surface area (Å²) >= 11 is 12.3. The molecule has 0 aliphatic carbocycles. The number of methoxy groups -OCH3 is 1. The van der Waals surface area contributed by atoms with Crippen LogP contribution in [0.25, 0.3) is 6.08 Å². The standard InChI is InChI=1S/C21H16Cl2FNO3/c1-11-7-8-13(9-17(11)23)25-12(2)19(21(27)28-3)15(20(25)26)10-14-16(22)5-4-6-18(14)24/h4-10H,1-3H3/b15-10-. The molecule has 3 rings (SSSR count). The van der Waals surface area contributed by atoms with Crippen LogP contribution in [-0.2, 0) is 14.3 Å². The smallest absolute Gasteiger partial charge is 0.340 e. The van der Waals surface area contributed by atoms with Crippen LogP contribution in [0.2, 0.25) is 10.0 Å². The highest BCUT2D eigenvalue weighted by atomic mass is 35.5. The van der Waals surface area contributed by atoms with Crippen LogP contribution in [0, 0.1) is 12.7 Å². The Bertz CT molecular complexity index is 1040. The molecule has 2 aromatic rings. The zero-order valence-corrected chi connectivity index (χ0v) is 16.9. The fourth-order valence-corrected chi connectivity index (χ4v) is 3.40. The molecule has 0 atom stereocenters. The minimum atomic E-state index is -0.703. The second-order valence-corrected chi connectivity index (χ2v) is 7.03. The van der Waals surface area contributed by atoms with Crippen LogP contribution >= 0.6 is 23.2 Å². The Kier molecular flexibility index (Phi) is 5.59. The third-order valence-corrected chi connectivity index (χ3v) is 5.23. The van der Waals surface area contributed by atoms with E-state index in [9.17, 15) is 14.0 Å². The highest BCUT2D eigenvalue weighted by Gasteiger charge is 2.38. The number of esters is 1. The van der Waals surface area contributed by atoms with Crippen molar-refractivity contribution in [2.24, 2.45) is 0 Å². The molecule has 1 aliphatic heterocycles. The predicted molar refractivity (Wildman–Crippen MR) is 108 cm³/mol. The number of nitrogens with zero attached hydrogens (tertiary/aromatic N) is 1. The van der Waals surface area contributed by atoms with E-state index in [1.807, 2.05) is 6.92 Å². The molecule has 28 heavy (non-hydrogen) atoms. The Morgan fingerprint density at radius 1 is 1.14 bits per heavy atom. The van der Waals surface area contributed by atoms with Crippen molar-refractivity contribution in [1.82, 2.24) is 0 Å². The van der Waals surface area contributed by atoms with Gasteiger partial charge in [-0.3, -0.25) is 9.69 Å². The number of aryl methyl sites for hydroxylation is 1. The van der Waals surface area contributed by atoms with Crippen molar-refractivity contribution in [2.75, 3.05) is 12.0 Å². The summed E-state index contributed by atoms with van der Waals surface area (Å²) in [5.41, 5.74) is 1.75. The molecule has 144 valence electrons. The van der Waals surface area contributed by atoms with Crippen LogP contribution in [0.4, 0.5) is 10.1 Å². The van der Waals surface area contributed by atoms with Gasteiger partial charge in [0.05, 0.1) is 29.0 Å². The van der Waals surface area contributed by atoms with Crippen molar-refractivity contribution in [1.29, 1.82) is 0 Å². The normalized spacial score (nSPS) is 15.6. The first-order valence-electron chi connectivity index (χ1n) is 8.32. The molecule has 0 saturated heterocycles. The zero-order valence-electron chi connectivity index (χ0n) is 15.3. The lowest BCUT2D eigenvalue weighted by Crippen LogP contribution is -2.24. The SMILES string of the molecule is COC(=O)C1=C(C)N(c2ccc(C)c(Cl)c2)C(=O)/C1=C\c1c(F)cccc1Cl. The van der Waals surface area contributed by atoms with Crippen molar-refractivity contribution >= 4 is 46.8 Å². The lowest BCUT2D eigenvalue weighted by molar-refractivity contribution is -0.136. The summed E-state index contributed by atoms with van der Waals surface area (Å²) < 4.78 is 19.1. The van der Waals surface area contributed by atoms with Crippen LogP contribution in [0.3, 0.4) is 0 Å². The molecule has 1 amide bonds. The van der Waals surface area contributed by atoms with Gasteiger partial charge in [0, 0.05) is 16.3 Å². The summed E-state index contributed by atoms with van der Waals surface area (Å²) in [5.74, 6) is -1.81. The average Bonchev–Trinajstić information content (AvgIpc) is 2.90. The van der Waals surface area contributed by atoms with Crippen LogP contribution in [-0.4, -0.2) is 19.0 Å². The molecule has 2 aromatic carbocycles. The van der Waals surface area contributed by atoms with E-state index in [-0.39, 0.29) is 21.7 Å². The summed E-state index contributed by atoms with van der Waals surface area (Å²) in [6.45, 7) is 3.45. The van der Waals surface area contributed by atoms with Crippen LogP contribution in [0.5, 0.6) is 0 Å². The fourth-order valence-electron chi connectivity index (χ4n) is 3.00. The minimum absolute atomic E-state index is 0.00644. The van der Waals surface area contributed by atoms with Crippen molar-refractivity contribution in [3.63, 3.8) is 0 Å². The van der Waals surface area contributed by atoms with E-state index in [2.05, 4.69) is 0 Å². The van der Waals surface area contributed by atoms with Crippen molar-refractivity contribution in [3.8, 4) is 0 Å². The molecule has 1 heterocycles. The molecule has 0 aromatic heterocycles. The van der Waals surface area contributed by atoms with Gasteiger partial charge < -0.3 is 4.74 Å². The Morgan fingerprint density at radius 2 is 1.86 bits per heavy atom. The van der Waals surface area contributed by atoms with Gasteiger partial charge in [0.15, 0.2) is 0 Å². The summed E-state index contributed by atoms with van der Waals surface area (Å²) in [6.07, 6.45) is 1.27. The monoisotopic (exact) mass is 419 g/mol. The number of carbonyl (C=O) groups excluding carboxylic acids is 2. The van der Waals surface area contributed by atoms with E-state index < -0.39 is 17.7 Å². The topological polar surface area (TPSA) is 46.6 Å². The number of allylic oxidation sites excluding steroid dienone is 1. The van der Waals surface area contributed by atoms with Gasteiger partial charge in [0.25, 0.3) is 5.91 Å². The number of benzene rings is 2. The number of amides is 1. The summed E-state index contributed by atoms with van der Waals surface area (Å²) in [6, 6.07) is 9.30. The predicted octanol–water partition coefficient (Wildman–Crippen LogP) is 5.32. The lowest BCUT2D eigenvalue weighted by atomic mass is 10.0. The lowest BCUT2D eigenvalue weighted by Gasteiger charge is -2.18. The quantitative estimate of drug-likeness (QED) is 0.499. The highest BCUT2D eigenvalue weighted by molar-refractivity contribution is 6.33. The Balaban J connectivity index is 2.21. The first kappa shape index (κ1) is 20.1. The fraction of sp³-hybridized carbons (Fsp3) is 0.143. The average molecular weight is 420 g/mol. The van der Waals surface area contributed by atoms with E-state index in [0.717, 1.165) is 5.56 Å². The molecule has 0 saturated carbocycles. The van der Waals surface area contributed by atoms with Gasteiger partial charge >= 0.3 is 5.97 Å². The molecule has 0 radical (unpaired) electrons. The first-order valence-corrected chi connectivity index (χ1v) is 9.07. The third kappa shape index (κ3) is 3.43. The maximum absolute atomic E-state index is 14.3. The van der Waals surface area contributed by atoms with Crippen LogP contribution < -0.4 is 4.90 Å². The van der Waals surface area contributed by atoms with Crippen molar-refractivity contribution in [2.45, 2.75) is 13.8 Å². The number of anilines is 1. The summed E-state index contributed by atoms with van der Waals surface area (Å²) in [4.78, 5) is 26.9. The van der Waals surface area contributed by atoms with Crippen LogP contribution in [0.15, 0.2) is 53.2 Å². The number of ether oxygens (including phenoxy) is 1. The molecule has 1 aliphatic rings. The second kappa shape index (κ2) is 7.78. The summed E-state index contributed by atoms with van der Waals surface area (Å²) in [5, 5.41) is 0.603. The molecule has 0 unspecified atom stereocenters. The van der Waals surface area contributed by atoms with Gasteiger partial charge in [0.1, 0.15) is 5.82 Å². The number of carbonyl (C=O) groups is 2. The van der Waals surface area contributed by atoms with E-state index in [1.165, 1.54) is 36.3 Å². The van der Waals surface area contributed by atoms with Gasteiger partial charge in [-0.2, -0.15) is 0 Å². The molecule has 0 N–H and O–H groups in total. The molecule has 0 bridgehead atoms. The van der Waals surface area contributed by atoms with Gasteiger partial charge in [0.2, 0.25) is 0 Å². The minimum Gasteiger partial charge on any atom is -0.465 e. The van der Waals surface area contributed by atoms with Gasteiger partial charge in [-0.25, -0.2) is 9.18 Å². The second-order valence-electron chi connectivity index (χ2n) is 6.22. The largest absolute Gasteiger partial charge is 0.465 e. The Labute approximate surface area is 171 Å². The first-order chi connectivity index (χ1) is 13.3. The van der Waals surface area contributed by atoms with Gasteiger partial charge in [-0.1, -0.05) is 35.3 Å². The number of hydrogen-bond acceptors (Lipinski definition) is 3. The molecular formula is C21H16Cl2FNO3. The molecule has 7 heteroatoms. The molecule has 0 fully saturated rings. The highest BCUT2D eigenvalue weighted by Crippen LogP contribution is 2.37. The van der Waals surface area contributed by atoms with Gasteiger partial charge in [-0.15, -0.1) is 0 Å². The van der Waals surface area contributed by atoms with Crippen LogP contribution in [0.1, 0.15) is 18.1 Å². The van der Waals surface area contributed by atoms with E-state index in [1.54, 1.807) is 25.1 Å². The number of rotatable bonds is 3. The van der Waals surface area contributed by atoms with E-state index >= 15 is 0 Å². The Hall–Kier alpha value is -2.63. The zero-order chi connectivity index (χ0) is 20.6. The molecule has 4 nitrogen and oxygen atoms in total. The molecule has 0 spiro atoms. The maximum atomic E-state index is 14.3. The van der Waals surface area contributed by atoms with Crippen molar-refractivity contribution < 1.29 is 18.7 Å². The summed E-state index contributed by atoms with van der Waals surface area (Å²) in [7, 11) is 1.21. The number of halogens is 3. The van der Waals surface area contributed by atoms with E-state index in [0.29, 0.717) is 16.4 Å². The van der Waals surface area contributed by atoms with Crippen molar-refractivity contribution in [3.05, 3.63) is 80.2 Å². The number of hydrogen-bond donors (Lipinski definition) is 0. The Morgan fingerprint density at radius 3 is 2.46 bits per heavy atom.